The number of carbonyl (C=O) groups is 3. The fraction of sp³-hybridized carbons (Fsp3) is 0.405. The van der Waals surface area contributed by atoms with Gasteiger partial charge in [0, 0.05) is 73.6 Å². The van der Waals surface area contributed by atoms with E-state index in [4.69, 9.17) is 30.5 Å². The van der Waals surface area contributed by atoms with Crippen LogP contribution in [0.3, 0.4) is 0 Å². The summed E-state index contributed by atoms with van der Waals surface area (Å²) in [6, 6.07) is 8.48. The number of phenolic OH excluding ortho intramolecular Hbond substituents is 1. The van der Waals surface area contributed by atoms with E-state index in [9.17, 15) is 39.5 Å². The number of piperidine rings is 1. The lowest BCUT2D eigenvalue weighted by atomic mass is 9.69. The van der Waals surface area contributed by atoms with E-state index >= 15 is 0 Å². The van der Waals surface area contributed by atoms with E-state index in [0.29, 0.717) is 17.7 Å². The number of likely N-dealkylation sites (tertiary alicyclic amines) is 1. The summed E-state index contributed by atoms with van der Waals surface area (Å²) in [6.07, 6.45) is 0.0952. The summed E-state index contributed by atoms with van der Waals surface area (Å²) in [6.45, 7) is 2.23. The van der Waals surface area contributed by atoms with Gasteiger partial charge in [-0.3, -0.25) is 29.3 Å². The number of ether oxygens (including phenoxy) is 4. The van der Waals surface area contributed by atoms with Gasteiger partial charge in [-0.05, 0) is 36.1 Å². The van der Waals surface area contributed by atoms with E-state index in [1.54, 1.807) is 17.9 Å². The molecule has 2 N–H and O–H groups in total. The number of ketones is 2. The van der Waals surface area contributed by atoms with Crippen molar-refractivity contribution in [3.05, 3.63) is 90.0 Å². The summed E-state index contributed by atoms with van der Waals surface area (Å²) >= 11 is 6.62. The van der Waals surface area contributed by atoms with E-state index in [-0.39, 0.29) is 95.1 Å². The molecule has 5 atom stereocenters. The molecule has 3 aromatic rings. The number of fused-ring (bicyclic) bond motifs is 5. The van der Waals surface area contributed by atoms with Crippen LogP contribution in [-0.4, -0.2) is 82.1 Å². The molecule has 16 heteroatoms. The van der Waals surface area contributed by atoms with E-state index in [0.717, 1.165) is 0 Å². The van der Waals surface area contributed by atoms with E-state index in [1.165, 1.54) is 56.2 Å². The van der Waals surface area contributed by atoms with Crippen LogP contribution in [0.25, 0.3) is 0 Å². The number of phenols is 1. The summed E-state index contributed by atoms with van der Waals surface area (Å²) in [7, 11) is 4.08. The summed E-state index contributed by atoms with van der Waals surface area (Å²) in [5.74, 6) is -4.70. The van der Waals surface area contributed by atoms with Gasteiger partial charge in [0.25, 0.3) is 0 Å². The molecule has 0 saturated carbocycles. The number of aliphatic hydroxyl groups is 1. The maximum Gasteiger partial charge on any atom is 0.334 e. The largest absolute Gasteiger partial charge is 0.507 e. The third-order valence-corrected chi connectivity index (χ3v) is 11.3. The molecule has 2 aromatic carbocycles. The van der Waals surface area contributed by atoms with Gasteiger partial charge in [0.15, 0.2) is 28.8 Å². The number of benzene rings is 2. The van der Waals surface area contributed by atoms with Crippen LogP contribution in [0.5, 0.6) is 28.7 Å². The number of allylic oxidation sites excluding steroid dienone is 1. The smallest absolute Gasteiger partial charge is 0.334 e. The van der Waals surface area contributed by atoms with Crippen molar-refractivity contribution in [2.24, 2.45) is 11.8 Å². The molecule has 15 nitrogen and oxygen atoms in total. The van der Waals surface area contributed by atoms with Gasteiger partial charge >= 0.3 is 11.2 Å². The molecule has 1 fully saturated rings. The number of nitro groups is 1. The summed E-state index contributed by atoms with van der Waals surface area (Å²) in [4.78, 5) is 68.2. The molecule has 1 unspecified atom stereocenters. The zero-order valence-electron chi connectivity index (χ0n) is 29.2. The highest BCUT2D eigenvalue weighted by atomic mass is 35.5. The Bertz CT molecular complexity index is 2200. The van der Waals surface area contributed by atoms with Crippen molar-refractivity contribution >= 4 is 34.8 Å². The Morgan fingerprint density at radius 3 is 2.43 bits per heavy atom. The first-order valence-electron chi connectivity index (χ1n) is 16.9. The van der Waals surface area contributed by atoms with Crippen LogP contribution in [0.15, 0.2) is 52.5 Å². The third-order valence-electron chi connectivity index (χ3n) is 11.0. The maximum absolute atomic E-state index is 14.4. The highest BCUT2D eigenvalue weighted by Gasteiger charge is 2.61. The molecule has 7 rings (SSSR count). The number of hydrogen-bond donors (Lipinski definition) is 2. The Kier molecular flexibility index (Phi) is 8.87. The molecule has 0 radical (unpaired) electrons. The van der Waals surface area contributed by atoms with Crippen LogP contribution in [-0.2, 0) is 16.1 Å². The van der Waals surface area contributed by atoms with Crippen LogP contribution < -0.4 is 24.5 Å². The normalized spacial score (nSPS) is 23.6. The van der Waals surface area contributed by atoms with Crippen molar-refractivity contribution in [3.8, 4) is 28.7 Å². The standard InChI is InChI=1S/C37H36ClN3O12/c1-17-9-25(43)30(34(45)37(17)35(46)31-27(51-3)13-28(52-4)32(38)33(31)53-37)21(19-5-8-24(42)26(11-19)50-2)12-29(44)39-14-18-10-20(16-39)22-6-7-23(41(48)49)36(47)40(22)15-18/h5-8,11,13,17-18,20-21,42,45H,9-10,12,14-16H2,1-4H3/t17-,18-,20+,21?,37+/m1/s1. The van der Waals surface area contributed by atoms with Gasteiger partial charge in [0.2, 0.25) is 17.3 Å². The molecule has 278 valence electrons. The second-order valence-electron chi connectivity index (χ2n) is 13.9. The number of pyridine rings is 1. The molecule has 4 aliphatic rings. The van der Waals surface area contributed by atoms with Crippen LogP contribution in [0, 0.1) is 22.0 Å². The van der Waals surface area contributed by atoms with Crippen LogP contribution in [0.4, 0.5) is 5.69 Å². The molecule has 1 saturated heterocycles. The van der Waals surface area contributed by atoms with Gasteiger partial charge in [-0.2, -0.15) is 0 Å². The molecular formula is C37H36ClN3O12. The zero-order valence-corrected chi connectivity index (χ0v) is 30.0. The van der Waals surface area contributed by atoms with Crippen LogP contribution in [0.2, 0.25) is 5.02 Å². The second-order valence-corrected chi connectivity index (χ2v) is 14.2. The van der Waals surface area contributed by atoms with Crippen molar-refractivity contribution in [3.63, 3.8) is 0 Å². The number of rotatable bonds is 8. The average Bonchev–Trinajstić information content (AvgIpc) is 3.45. The van der Waals surface area contributed by atoms with Crippen molar-refractivity contribution < 1.29 is 48.5 Å². The first-order chi connectivity index (χ1) is 25.2. The van der Waals surface area contributed by atoms with Crippen molar-refractivity contribution in [1.82, 2.24) is 9.47 Å². The Balaban J connectivity index is 1.30. The Morgan fingerprint density at radius 2 is 1.75 bits per heavy atom. The van der Waals surface area contributed by atoms with Gasteiger partial charge in [0.1, 0.15) is 22.1 Å². The van der Waals surface area contributed by atoms with Gasteiger partial charge in [-0.1, -0.05) is 24.6 Å². The predicted molar refractivity (Wildman–Crippen MR) is 187 cm³/mol. The first kappa shape index (κ1) is 35.8. The average molecular weight is 750 g/mol. The van der Waals surface area contributed by atoms with Gasteiger partial charge < -0.3 is 38.6 Å². The number of aromatic hydroxyl groups is 1. The van der Waals surface area contributed by atoms with Crippen molar-refractivity contribution in [2.45, 2.75) is 50.2 Å². The fourth-order valence-electron chi connectivity index (χ4n) is 8.42. The second kappa shape index (κ2) is 13.1. The molecule has 1 aliphatic carbocycles. The van der Waals surface area contributed by atoms with E-state index < -0.39 is 50.9 Å². The summed E-state index contributed by atoms with van der Waals surface area (Å²) < 4.78 is 23.9. The third kappa shape index (κ3) is 5.47. The van der Waals surface area contributed by atoms with E-state index in [2.05, 4.69) is 0 Å². The van der Waals surface area contributed by atoms with Crippen molar-refractivity contribution in [1.29, 1.82) is 0 Å². The van der Waals surface area contributed by atoms with Crippen LogP contribution in [0.1, 0.15) is 59.6 Å². The summed E-state index contributed by atoms with van der Waals surface area (Å²) in [5, 5.41) is 34.1. The molecule has 1 aromatic heterocycles. The molecule has 2 bridgehead atoms. The molecule has 1 spiro atoms. The number of hydrogen-bond acceptors (Lipinski definition) is 12. The molecule has 1 amide bonds. The molecule has 4 heterocycles. The maximum atomic E-state index is 14.4. The highest BCUT2D eigenvalue weighted by Crippen LogP contribution is 2.56. The highest BCUT2D eigenvalue weighted by molar-refractivity contribution is 6.35. The lowest BCUT2D eigenvalue weighted by Crippen LogP contribution is -2.53. The number of aliphatic hydroxyl groups excluding tert-OH is 1. The van der Waals surface area contributed by atoms with E-state index in [1.807, 2.05) is 0 Å². The molecule has 3 aliphatic heterocycles. The lowest BCUT2D eigenvalue weighted by Gasteiger charge is -2.43. The van der Waals surface area contributed by atoms with Gasteiger partial charge in [-0.15, -0.1) is 0 Å². The predicted octanol–water partition coefficient (Wildman–Crippen LogP) is 4.70. The Morgan fingerprint density at radius 1 is 1.04 bits per heavy atom. The van der Waals surface area contributed by atoms with Gasteiger partial charge in [0.05, 0.1) is 26.3 Å². The topological polar surface area (TPSA) is 197 Å². The fourth-order valence-corrected chi connectivity index (χ4v) is 8.68. The summed E-state index contributed by atoms with van der Waals surface area (Å²) in [5.41, 5.74) is -2.61. The number of halogens is 1. The molecular weight excluding hydrogens is 714 g/mol. The SMILES string of the molecule is COc1cc(C(CC(=O)N2C[C@H]3C[C@@H](C2)c2ccc([N+](=O)[O-])c(=O)n2C3)C2=C(O)[C@@]3(Oc4c(Cl)c(OC)cc(OC)c4C3=O)[C@H](C)CC2=O)ccc1O. The molecule has 53 heavy (non-hydrogen) atoms. The van der Waals surface area contributed by atoms with Gasteiger partial charge in [-0.25, -0.2) is 0 Å². The minimum Gasteiger partial charge on any atom is -0.507 e. The van der Waals surface area contributed by atoms with Crippen molar-refractivity contribution in [2.75, 3.05) is 34.4 Å². The zero-order chi connectivity index (χ0) is 38.1. The number of methoxy groups -OCH3 is 3. The Labute approximate surface area is 307 Å². The minimum absolute atomic E-state index is 0.0314. The number of nitrogens with zero attached hydrogens (tertiary/aromatic N) is 3. The number of carbonyl (C=O) groups excluding carboxylic acids is 3. The lowest BCUT2D eigenvalue weighted by molar-refractivity contribution is -0.386. The number of amides is 1. The van der Waals surface area contributed by atoms with Crippen LogP contribution >= 0.6 is 11.6 Å². The quantitative estimate of drug-likeness (QED) is 0.238. The Hall–Kier alpha value is -5.57. The first-order valence-corrected chi connectivity index (χ1v) is 17.3. The monoisotopic (exact) mass is 749 g/mol. The number of aromatic nitrogens is 1. The number of Topliss-reactive ketones (excluding diaryl/α,β-unsaturated/α-hetero) is 2. The minimum atomic E-state index is -2.10.